The summed E-state index contributed by atoms with van der Waals surface area (Å²) in [6.45, 7) is 3.43. The van der Waals surface area contributed by atoms with Crippen LogP contribution in [-0.2, 0) is 4.79 Å². The van der Waals surface area contributed by atoms with Crippen LogP contribution >= 0.6 is 0 Å². The minimum absolute atomic E-state index is 0.113. The number of carbonyl (C=O) groups is 1. The molecule has 0 saturated heterocycles. The van der Waals surface area contributed by atoms with Crippen LogP contribution in [0, 0.1) is 0 Å². The Morgan fingerprint density at radius 3 is 1.94 bits per heavy atom. The molecule has 0 aliphatic heterocycles. The average Bonchev–Trinajstić information content (AvgIpc) is 2.40. The number of carbonyl (C=O) groups excluding carboxylic acids is 1. The second kappa shape index (κ2) is 5.46. The molecule has 0 aliphatic rings. The van der Waals surface area contributed by atoms with E-state index in [1.54, 1.807) is 6.92 Å². The Labute approximate surface area is 108 Å². The minimum Gasteiger partial charge on any atom is -0.295 e. The fourth-order valence-corrected chi connectivity index (χ4v) is 1.75. The van der Waals surface area contributed by atoms with Crippen molar-refractivity contribution in [2.45, 2.75) is 13.8 Å². The second-order valence-corrected chi connectivity index (χ2v) is 4.37. The standard InChI is InChI=1S/C17H16O/c1-13(14(2)18)12-15-8-10-17(11-9-15)16-6-4-3-5-7-16/h3-12H,1-2H3. The molecule has 0 N–H and O–H groups in total. The van der Waals surface area contributed by atoms with Crippen molar-refractivity contribution >= 4 is 11.9 Å². The number of ketones is 1. The van der Waals surface area contributed by atoms with Crippen molar-refractivity contribution in [3.8, 4) is 11.1 Å². The summed E-state index contributed by atoms with van der Waals surface area (Å²) in [5, 5.41) is 0. The van der Waals surface area contributed by atoms with Crippen molar-refractivity contribution < 1.29 is 4.79 Å². The third-order valence-electron chi connectivity index (χ3n) is 2.96. The topological polar surface area (TPSA) is 17.1 Å². The molecule has 0 fully saturated rings. The fraction of sp³-hybridized carbons (Fsp3) is 0.118. The van der Waals surface area contributed by atoms with E-state index in [4.69, 9.17) is 0 Å². The zero-order valence-electron chi connectivity index (χ0n) is 10.7. The van der Waals surface area contributed by atoms with Gasteiger partial charge < -0.3 is 0 Å². The van der Waals surface area contributed by atoms with Crippen LogP contribution in [-0.4, -0.2) is 5.78 Å². The normalized spacial score (nSPS) is 11.3. The number of benzene rings is 2. The lowest BCUT2D eigenvalue weighted by Crippen LogP contribution is -1.90. The zero-order chi connectivity index (χ0) is 13.0. The lowest BCUT2D eigenvalue weighted by atomic mass is 10.0. The van der Waals surface area contributed by atoms with Crippen molar-refractivity contribution in [1.82, 2.24) is 0 Å². The SMILES string of the molecule is CC(=O)C(C)=Cc1ccc(-c2ccccc2)cc1. The first kappa shape index (κ1) is 12.3. The molecular formula is C17H16O. The van der Waals surface area contributed by atoms with Gasteiger partial charge in [-0.2, -0.15) is 0 Å². The third kappa shape index (κ3) is 2.95. The predicted octanol–water partition coefficient (Wildman–Crippen LogP) is 4.35. The summed E-state index contributed by atoms with van der Waals surface area (Å²) in [5.74, 6) is 0.113. The number of rotatable bonds is 3. The maximum absolute atomic E-state index is 11.2. The molecule has 0 bridgehead atoms. The van der Waals surface area contributed by atoms with Gasteiger partial charge in [-0.15, -0.1) is 0 Å². The van der Waals surface area contributed by atoms with Crippen LogP contribution < -0.4 is 0 Å². The molecule has 0 heterocycles. The van der Waals surface area contributed by atoms with Crippen molar-refractivity contribution in [3.63, 3.8) is 0 Å². The number of allylic oxidation sites excluding steroid dienone is 1. The molecular weight excluding hydrogens is 220 g/mol. The summed E-state index contributed by atoms with van der Waals surface area (Å²) >= 11 is 0. The van der Waals surface area contributed by atoms with Gasteiger partial charge in [0, 0.05) is 0 Å². The molecule has 2 aromatic carbocycles. The number of hydrogen-bond donors (Lipinski definition) is 0. The molecule has 0 amide bonds. The zero-order valence-corrected chi connectivity index (χ0v) is 10.7. The summed E-state index contributed by atoms with van der Waals surface area (Å²) in [5.41, 5.74) is 4.23. The van der Waals surface area contributed by atoms with Crippen LogP contribution in [0.4, 0.5) is 0 Å². The summed E-state index contributed by atoms with van der Waals surface area (Å²) < 4.78 is 0. The highest BCUT2D eigenvalue weighted by Gasteiger charge is 1.98. The lowest BCUT2D eigenvalue weighted by molar-refractivity contribution is -0.113. The van der Waals surface area contributed by atoms with E-state index < -0.39 is 0 Å². The van der Waals surface area contributed by atoms with E-state index in [0.717, 1.165) is 11.1 Å². The van der Waals surface area contributed by atoms with Crippen LogP contribution in [0.1, 0.15) is 19.4 Å². The highest BCUT2D eigenvalue weighted by molar-refractivity contribution is 5.97. The molecule has 0 aromatic heterocycles. The Morgan fingerprint density at radius 2 is 1.39 bits per heavy atom. The first-order valence-corrected chi connectivity index (χ1v) is 6.01. The van der Waals surface area contributed by atoms with Gasteiger partial charge >= 0.3 is 0 Å². The van der Waals surface area contributed by atoms with Crippen LogP contribution in [0.15, 0.2) is 60.2 Å². The Bertz CT molecular complexity index is 562. The summed E-state index contributed by atoms with van der Waals surface area (Å²) in [6.07, 6.45) is 1.91. The lowest BCUT2D eigenvalue weighted by Gasteiger charge is -2.02. The van der Waals surface area contributed by atoms with E-state index >= 15 is 0 Å². The first-order valence-electron chi connectivity index (χ1n) is 6.01. The van der Waals surface area contributed by atoms with E-state index in [9.17, 15) is 4.79 Å². The second-order valence-electron chi connectivity index (χ2n) is 4.37. The maximum Gasteiger partial charge on any atom is 0.155 e. The summed E-state index contributed by atoms with van der Waals surface area (Å²) in [4.78, 5) is 11.2. The van der Waals surface area contributed by atoms with Crippen LogP contribution in [0.3, 0.4) is 0 Å². The van der Waals surface area contributed by atoms with Gasteiger partial charge in [0.1, 0.15) is 0 Å². The summed E-state index contributed by atoms with van der Waals surface area (Å²) in [6, 6.07) is 18.5. The molecule has 90 valence electrons. The van der Waals surface area contributed by atoms with Gasteiger partial charge in [0.05, 0.1) is 0 Å². The van der Waals surface area contributed by atoms with E-state index in [0.29, 0.717) is 0 Å². The number of hydrogen-bond acceptors (Lipinski definition) is 1. The van der Waals surface area contributed by atoms with Gasteiger partial charge in [0.15, 0.2) is 5.78 Å². The Balaban J connectivity index is 2.26. The Hall–Kier alpha value is -2.15. The quantitative estimate of drug-likeness (QED) is 0.724. The Kier molecular flexibility index (Phi) is 3.73. The van der Waals surface area contributed by atoms with E-state index in [2.05, 4.69) is 24.3 Å². The molecule has 0 radical (unpaired) electrons. The van der Waals surface area contributed by atoms with Crippen LogP contribution in [0.5, 0.6) is 0 Å². The summed E-state index contributed by atoms with van der Waals surface area (Å²) in [7, 11) is 0. The van der Waals surface area contributed by atoms with Crippen LogP contribution in [0.2, 0.25) is 0 Å². The molecule has 18 heavy (non-hydrogen) atoms. The van der Waals surface area contributed by atoms with E-state index in [-0.39, 0.29) is 5.78 Å². The predicted molar refractivity (Wildman–Crippen MR) is 76.2 cm³/mol. The van der Waals surface area contributed by atoms with Crippen molar-refractivity contribution in [1.29, 1.82) is 0 Å². The number of Topliss-reactive ketones (excluding diaryl/α,β-unsaturated/α-hetero) is 1. The largest absolute Gasteiger partial charge is 0.295 e. The average molecular weight is 236 g/mol. The molecule has 1 heteroatoms. The molecule has 2 aromatic rings. The van der Waals surface area contributed by atoms with Gasteiger partial charge in [0.25, 0.3) is 0 Å². The molecule has 2 rings (SSSR count). The maximum atomic E-state index is 11.2. The van der Waals surface area contributed by atoms with Crippen LogP contribution in [0.25, 0.3) is 17.2 Å². The molecule has 0 spiro atoms. The highest BCUT2D eigenvalue weighted by atomic mass is 16.1. The van der Waals surface area contributed by atoms with Crippen molar-refractivity contribution in [2.24, 2.45) is 0 Å². The molecule has 0 saturated carbocycles. The molecule has 0 aliphatic carbocycles. The van der Waals surface area contributed by atoms with Gasteiger partial charge in [-0.1, -0.05) is 54.6 Å². The molecule has 0 atom stereocenters. The van der Waals surface area contributed by atoms with Crippen molar-refractivity contribution in [2.75, 3.05) is 0 Å². The highest BCUT2D eigenvalue weighted by Crippen LogP contribution is 2.20. The van der Waals surface area contributed by atoms with Gasteiger partial charge in [0.2, 0.25) is 0 Å². The Morgan fingerprint density at radius 1 is 0.833 bits per heavy atom. The first-order chi connectivity index (χ1) is 8.66. The molecule has 1 nitrogen and oxygen atoms in total. The molecule has 0 unspecified atom stereocenters. The van der Waals surface area contributed by atoms with Gasteiger partial charge in [-0.25, -0.2) is 0 Å². The van der Waals surface area contributed by atoms with Gasteiger partial charge in [-0.05, 0) is 42.2 Å². The fourth-order valence-electron chi connectivity index (χ4n) is 1.75. The van der Waals surface area contributed by atoms with E-state index in [1.165, 1.54) is 11.1 Å². The smallest absolute Gasteiger partial charge is 0.155 e. The minimum atomic E-state index is 0.113. The monoisotopic (exact) mass is 236 g/mol. The van der Waals surface area contributed by atoms with Gasteiger partial charge in [-0.3, -0.25) is 4.79 Å². The third-order valence-corrected chi connectivity index (χ3v) is 2.96. The van der Waals surface area contributed by atoms with Crippen molar-refractivity contribution in [3.05, 3.63) is 65.7 Å². The van der Waals surface area contributed by atoms with E-state index in [1.807, 2.05) is 43.3 Å².